The first-order chi connectivity index (χ1) is 12.6. The van der Waals surface area contributed by atoms with Gasteiger partial charge in [0.2, 0.25) is 5.91 Å². The van der Waals surface area contributed by atoms with Crippen molar-refractivity contribution in [1.29, 1.82) is 0 Å². The minimum Gasteiger partial charge on any atom is -0.323 e. The number of hydrogen-bond donors (Lipinski definition) is 1. The molecule has 0 aliphatic rings. The van der Waals surface area contributed by atoms with Gasteiger partial charge in [-0.15, -0.1) is 11.8 Å². The van der Waals surface area contributed by atoms with E-state index in [0.29, 0.717) is 11.4 Å². The molecule has 1 aromatic carbocycles. The maximum absolute atomic E-state index is 12.6. The van der Waals surface area contributed by atoms with E-state index in [2.05, 4.69) is 15.4 Å². The van der Waals surface area contributed by atoms with Gasteiger partial charge >= 0.3 is 0 Å². The maximum Gasteiger partial charge on any atom is 0.267 e. The van der Waals surface area contributed by atoms with Gasteiger partial charge in [-0.1, -0.05) is 12.1 Å². The van der Waals surface area contributed by atoms with Crippen LogP contribution in [-0.2, 0) is 4.79 Å². The molecule has 7 heteroatoms. The summed E-state index contributed by atoms with van der Waals surface area (Å²) in [6.07, 6.45) is 5.27. The molecule has 1 unspecified atom stereocenters. The SMILES string of the molecule is CSc1ccccc1NC(=O)C(C)n1nc(-c2cccnc2)ccc1=O. The quantitative estimate of drug-likeness (QED) is 0.702. The Bertz CT molecular complexity index is 973. The van der Waals surface area contributed by atoms with Crippen LogP contribution in [0.2, 0.25) is 0 Å². The molecular weight excluding hydrogens is 348 g/mol. The van der Waals surface area contributed by atoms with Gasteiger partial charge in [0.25, 0.3) is 5.56 Å². The van der Waals surface area contributed by atoms with E-state index in [1.807, 2.05) is 36.6 Å². The highest BCUT2D eigenvalue weighted by molar-refractivity contribution is 7.98. The van der Waals surface area contributed by atoms with Crippen molar-refractivity contribution in [3.05, 3.63) is 71.3 Å². The number of carbonyl (C=O) groups excluding carboxylic acids is 1. The molecule has 2 heterocycles. The summed E-state index contributed by atoms with van der Waals surface area (Å²) in [5, 5.41) is 7.22. The van der Waals surface area contributed by atoms with Crippen LogP contribution in [0.15, 0.2) is 70.6 Å². The molecule has 1 amide bonds. The van der Waals surface area contributed by atoms with E-state index in [-0.39, 0.29) is 11.5 Å². The van der Waals surface area contributed by atoms with Crippen molar-refractivity contribution in [2.45, 2.75) is 17.9 Å². The average Bonchev–Trinajstić information content (AvgIpc) is 2.69. The minimum atomic E-state index is -0.756. The number of hydrogen-bond acceptors (Lipinski definition) is 5. The zero-order chi connectivity index (χ0) is 18.5. The molecule has 3 rings (SSSR count). The molecule has 0 saturated heterocycles. The Kier molecular flexibility index (Phi) is 5.48. The molecule has 0 radical (unpaired) electrons. The van der Waals surface area contributed by atoms with Gasteiger partial charge in [0.15, 0.2) is 0 Å². The molecule has 1 atom stereocenters. The van der Waals surface area contributed by atoms with Gasteiger partial charge in [0.1, 0.15) is 6.04 Å². The number of carbonyl (C=O) groups is 1. The van der Waals surface area contributed by atoms with E-state index in [0.717, 1.165) is 10.5 Å². The molecule has 0 spiro atoms. The van der Waals surface area contributed by atoms with E-state index in [9.17, 15) is 9.59 Å². The van der Waals surface area contributed by atoms with Crippen LogP contribution in [0.4, 0.5) is 5.69 Å². The van der Waals surface area contributed by atoms with E-state index in [1.165, 1.54) is 10.7 Å². The molecule has 3 aromatic rings. The molecule has 0 aliphatic heterocycles. The van der Waals surface area contributed by atoms with Crippen LogP contribution in [0.5, 0.6) is 0 Å². The van der Waals surface area contributed by atoms with Crippen molar-refractivity contribution in [2.75, 3.05) is 11.6 Å². The summed E-state index contributed by atoms with van der Waals surface area (Å²) in [5.74, 6) is -0.301. The van der Waals surface area contributed by atoms with Gasteiger partial charge in [-0.25, -0.2) is 4.68 Å². The number of anilines is 1. The normalized spacial score (nSPS) is 11.8. The Morgan fingerprint density at radius 1 is 1.15 bits per heavy atom. The standard InChI is InChI=1S/C19H18N4O2S/c1-13(19(25)21-16-7-3-4-8-17(16)26-2)23-18(24)10-9-15(22-23)14-6-5-11-20-12-14/h3-13H,1-2H3,(H,21,25). The Hall–Kier alpha value is -2.93. The van der Waals surface area contributed by atoms with Crippen molar-refractivity contribution in [1.82, 2.24) is 14.8 Å². The summed E-state index contributed by atoms with van der Waals surface area (Å²) in [4.78, 5) is 29.9. The van der Waals surface area contributed by atoms with Crippen LogP contribution < -0.4 is 10.9 Å². The van der Waals surface area contributed by atoms with E-state index < -0.39 is 6.04 Å². The van der Waals surface area contributed by atoms with Crippen LogP contribution in [0.1, 0.15) is 13.0 Å². The summed E-state index contributed by atoms with van der Waals surface area (Å²) in [6.45, 7) is 1.65. The van der Waals surface area contributed by atoms with Gasteiger partial charge in [0.05, 0.1) is 11.4 Å². The lowest BCUT2D eigenvalue weighted by Gasteiger charge is -2.16. The maximum atomic E-state index is 12.6. The van der Waals surface area contributed by atoms with Gasteiger partial charge in [-0.05, 0) is 43.5 Å². The first kappa shape index (κ1) is 17.9. The molecule has 1 N–H and O–H groups in total. The lowest BCUT2D eigenvalue weighted by atomic mass is 10.2. The molecule has 0 fully saturated rings. The number of benzene rings is 1. The number of amides is 1. The number of nitrogens with one attached hydrogen (secondary N) is 1. The second kappa shape index (κ2) is 7.97. The van der Waals surface area contributed by atoms with Gasteiger partial charge < -0.3 is 5.32 Å². The number of nitrogens with zero attached hydrogens (tertiary/aromatic N) is 3. The summed E-state index contributed by atoms with van der Waals surface area (Å²) < 4.78 is 1.19. The lowest BCUT2D eigenvalue weighted by Crippen LogP contribution is -2.33. The van der Waals surface area contributed by atoms with E-state index in [4.69, 9.17) is 0 Å². The lowest BCUT2D eigenvalue weighted by molar-refractivity contribution is -0.119. The minimum absolute atomic E-state index is 0.301. The number of para-hydroxylation sites is 1. The highest BCUT2D eigenvalue weighted by Crippen LogP contribution is 2.25. The predicted octanol–water partition coefficient (Wildman–Crippen LogP) is 3.23. The largest absolute Gasteiger partial charge is 0.323 e. The topological polar surface area (TPSA) is 76.9 Å². The summed E-state index contributed by atoms with van der Waals surface area (Å²) in [7, 11) is 0. The fourth-order valence-electron chi connectivity index (χ4n) is 2.47. The van der Waals surface area contributed by atoms with Crippen molar-refractivity contribution >= 4 is 23.4 Å². The summed E-state index contributed by atoms with van der Waals surface area (Å²) >= 11 is 1.54. The molecule has 26 heavy (non-hydrogen) atoms. The third-order valence-corrected chi connectivity index (χ3v) is 4.69. The van der Waals surface area contributed by atoms with E-state index >= 15 is 0 Å². The predicted molar refractivity (Wildman–Crippen MR) is 103 cm³/mol. The third kappa shape index (κ3) is 3.83. The van der Waals surface area contributed by atoms with Crippen LogP contribution >= 0.6 is 11.8 Å². The molecular formula is C19H18N4O2S. The summed E-state index contributed by atoms with van der Waals surface area (Å²) in [6, 6.07) is 13.5. The fourth-order valence-corrected chi connectivity index (χ4v) is 3.02. The number of pyridine rings is 1. The fraction of sp³-hybridized carbons (Fsp3) is 0.158. The Labute approximate surface area is 155 Å². The van der Waals surface area contributed by atoms with Crippen LogP contribution in [0.3, 0.4) is 0 Å². The number of aromatic nitrogens is 3. The van der Waals surface area contributed by atoms with Crippen molar-refractivity contribution in [2.24, 2.45) is 0 Å². The number of thioether (sulfide) groups is 1. The highest BCUT2D eigenvalue weighted by Gasteiger charge is 2.19. The Morgan fingerprint density at radius 2 is 1.96 bits per heavy atom. The Morgan fingerprint density at radius 3 is 2.69 bits per heavy atom. The smallest absolute Gasteiger partial charge is 0.267 e. The van der Waals surface area contributed by atoms with Crippen LogP contribution in [-0.4, -0.2) is 26.9 Å². The molecule has 0 aliphatic carbocycles. The Balaban J connectivity index is 1.88. The summed E-state index contributed by atoms with van der Waals surface area (Å²) in [5.41, 5.74) is 1.75. The van der Waals surface area contributed by atoms with Gasteiger partial charge in [-0.2, -0.15) is 5.10 Å². The average molecular weight is 366 g/mol. The molecule has 0 bridgehead atoms. The van der Waals surface area contributed by atoms with Crippen molar-refractivity contribution < 1.29 is 4.79 Å². The molecule has 2 aromatic heterocycles. The van der Waals surface area contributed by atoms with Gasteiger partial charge in [-0.3, -0.25) is 14.6 Å². The zero-order valence-corrected chi connectivity index (χ0v) is 15.2. The van der Waals surface area contributed by atoms with Crippen LogP contribution in [0.25, 0.3) is 11.3 Å². The van der Waals surface area contributed by atoms with Crippen LogP contribution in [0, 0.1) is 0 Å². The highest BCUT2D eigenvalue weighted by atomic mass is 32.2. The monoisotopic (exact) mass is 366 g/mol. The first-order valence-corrected chi connectivity index (χ1v) is 9.27. The van der Waals surface area contributed by atoms with Gasteiger partial charge in [0, 0.05) is 28.9 Å². The molecule has 0 saturated carbocycles. The molecule has 6 nitrogen and oxygen atoms in total. The zero-order valence-electron chi connectivity index (χ0n) is 14.4. The second-order valence-corrected chi connectivity index (χ2v) is 6.46. The van der Waals surface area contributed by atoms with Crippen molar-refractivity contribution in [3.63, 3.8) is 0 Å². The third-order valence-electron chi connectivity index (χ3n) is 3.89. The number of rotatable bonds is 5. The van der Waals surface area contributed by atoms with E-state index in [1.54, 1.807) is 43.2 Å². The molecule has 132 valence electrons. The second-order valence-electron chi connectivity index (χ2n) is 5.61. The first-order valence-electron chi connectivity index (χ1n) is 8.04. The van der Waals surface area contributed by atoms with Crippen molar-refractivity contribution in [3.8, 4) is 11.3 Å².